The summed E-state index contributed by atoms with van der Waals surface area (Å²) in [6, 6.07) is 15.5. The summed E-state index contributed by atoms with van der Waals surface area (Å²) in [5, 5.41) is 7.31. The number of nitrogens with zero attached hydrogens (tertiary/aromatic N) is 4. The van der Waals surface area contributed by atoms with Crippen LogP contribution >= 0.6 is 0 Å². The molecule has 5 rings (SSSR count). The number of nitrogens with one attached hydrogen (secondary N) is 1. The Bertz CT molecular complexity index is 1030. The molecule has 1 N–H and O–H groups in total. The van der Waals surface area contributed by atoms with E-state index in [2.05, 4.69) is 21.4 Å². The molecule has 1 fully saturated rings. The van der Waals surface area contributed by atoms with Crippen LogP contribution < -0.4 is 14.8 Å². The highest BCUT2D eigenvalue weighted by Crippen LogP contribution is 2.32. The Kier molecular flexibility index (Phi) is 4.98. The van der Waals surface area contributed by atoms with Crippen molar-refractivity contribution in [2.75, 3.05) is 38.3 Å². The highest BCUT2D eigenvalue weighted by molar-refractivity contribution is 5.91. The van der Waals surface area contributed by atoms with Crippen molar-refractivity contribution in [1.82, 2.24) is 19.6 Å². The van der Waals surface area contributed by atoms with Gasteiger partial charge in [0.2, 0.25) is 6.79 Å². The first-order chi connectivity index (χ1) is 14.8. The first-order valence-electron chi connectivity index (χ1n) is 10.0. The Morgan fingerprint density at radius 1 is 1.00 bits per heavy atom. The van der Waals surface area contributed by atoms with Gasteiger partial charge in [0.25, 0.3) is 0 Å². The quantitative estimate of drug-likeness (QED) is 0.723. The number of carbonyl (C=O) groups excluding carboxylic acids is 1. The van der Waals surface area contributed by atoms with E-state index < -0.39 is 0 Å². The zero-order chi connectivity index (χ0) is 20.3. The van der Waals surface area contributed by atoms with Gasteiger partial charge in [0.1, 0.15) is 0 Å². The molecule has 0 unspecified atom stereocenters. The molecule has 2 aliphatic heterocycles. The summed E-state index contributed by atoms with van der Waals surface area (Å²) in [7, 11) is 0. The SMILES string of the molecule is O=C(Nc1ccccc1-n1cccn1)N1CCN(Cc2ccc3c(c2)OCO3)CC1. The average molecular weight is 405 g/mol. The number of amides is 2. The van der Waals surface area contributed by atoms with Crippen molar-refractivity contribution in [1.29, 1.82) is 0 Å². The molecule has 0 spiro atoms. The maximum Gasteiger partial charge on any atom is 0.321 e. The minimum atomic E-state index is -0.0858. The van der Waals surface area contributed by atoms with Gasteiger partial charge in [0.15, 0.2) is 11.5 Å². The van der Waals surface area contributed by atoms with Gasteiger partial charge in [-0.05, 0) is 35.9 Å². The normalized spacial score (nSPS) is 15.9. The summed E-state index contributed by atoms with van der Waals surface area (Å²) in [5.41, 5.74) is 2.77. The number of rotatable bonds is 4. The third-order valence-electron chi connectivity index (χ3n) is 5.40. The van der Waals surface area contributed by atoms with E-state index in [1.54, 1.807) is 10.9 Å². The highest BCUT2D eigenvalue weighted by atomic mass is 16.7. The molecule has 2 amide bonds. The van der Waals surface area contributed by atoms with Gasteiger partial charge in [0.05, 0.1) is 11.4 Å². The first kappa shape index (κ1) is 18.5. The fraction of sp³-hybridized carbons (Fsp3) is 0.273. The third-order valence-corrected chi connectivity index (χ3v) is 5.40. The summed E-state index contributed by atoms with van der Waals surface area (Å²) < 4.78 is 12.6. The van der Waals surface area contributed by atoms with Crippen LogP contribution in [0.4, 0.5) is 10.5 Å². The molecule has 0 saturated carbocycles. The number of carbonyl (C=O) groups is 1. The average Bonchev–Trinajstić information content (AvgIpc) is 3.46. The number of hydrogen-bond donors (Lipinski definition) is 1. The standard InChI is InChI=1S/C22H23N5O3/c28-22(24-18-4-1-2-5-19(18)27-9-3-8-23-27)26-12-10-25(11-13-26)15-17-6-7-20-21(14-17)30-16-29-20/h1-9,14H,10-13,15-16H2,(H,24,28). The Morgan fingerprint density at radius 2 is 1.83 bits per heavy atom. The Balaban J connectivity index is 1.18. The lowest BCUT2D eigenvalue weighted by molar-refractivity contribution is 0.143. The second-order valence-electron chi connectivity index (χ2n) is 7.35. The van der Waals surface area contributed by atoms with Gasteiger partial charge in [-0.2, -0.15) is 5.10 Å². The fourth-order valence-corrected chi connectivity index (χ4v) is 3.79. The second kappa shape index (κ2) is 8.08. The number of anilines is 1. The van der Waals surface area contributed by atoms with Gasteiger partial charge >= 0.3 is 6.03 Å². The molecule has 3 heterocycles. The van der Waals surface area contributed by atoms with Crippen molar-refractivity contribution >= 4 is 11.7 Å². The van der Waals surface area contributed by atoms with Crippen molar-refractivity contribution < 1.29 is 14.3 Å². The van der Waals surface area contributed by atoms with Crippen LogP contribution in [0.15, 0.2) is 60.9 Å². The van der Waals surface area contributed by atoms with Crippen LogP contribution in [0.1, 0.15) is 5.56 Å². The van der Waals surface area contributed by atoms with E-state index in [0.29, 0.717) is 13.1 Å². The van der Waals surface area contributed by atoms with Crippen LogP contribution in [0.2, 0.25) is 0 Å². The minimum Gasteiger partial charge on any atom is -0.454 e. The topological polar surface area (TPSA) is 71.9 Å². The van der Waals surface area contributed by atoms with Crippen LogP contribution in [0.3, 0.4) is 0 Å². The molecular formula is C22H23N5O3. The van der Waals surface area contributed by atoms with E-state index in [1.165, 1.54) is 5.56 Å². The largest absolute Gasteiger partial charge is 0.454 e. The predicted molar refractivity (Wildman–Crippen MR) is 112 cm³/mol. The van der Waals surface area contributed by atoms with Crippen molar-refractivity contribution in [2.24, 2.45) is 0 Å². The Morgan fingerprint density at radius 3 is 2.67 bits per heavy atom. The van der Waals surface area contributed by atoms with E-state index in [1.807, 2.05) is 53.6 Å². The Hall–Kier alpha value is -3.52. The lowest BCUT2D eigenvalue weighted by atomic mass is 10.1. The number of hydrogen-bond acceptors (Lipinski definition) is 5. The molecule has 3 aromatic rings. The number of aromatic nitrogens is 2. The number of para-hydroxylation sites is 2. The molecular weight excluding hydrogens is 382 g/mol. The van der Waals surface area contributed by atoms with E-state index >= 15 is 0 Å². The van der Waals surface area contributed by atoms with Crippen molar-refractivity contribution in [3.63, 3.8) is 0 Å². The van der Waals surface area contributed by atoms with Crippen LogP contribution in [0.25, 0.3) is 5.69 Å². The minimum absolute atomic E-state index is 0.0858. The molecule has 0 atom stereocenters. The van der Waals surface area contributed by atoms with Crippen LogP contribution in [0, 0.1) is 0 Å². The molecule has 2 aromatic carbocycles. The number of ether oxygens (including phenoxy) is 2. The number of benzene rings is 2. The summed E-state index contributed by atoms with van der Waals surface area (Å²) >= 11 is 0. The van der Waals surface area contributed by atoms with E-state index in [0.717, 1.165) is 42.5 Å². The van der Waals surface area contributed by atoms with Gasteiger partial charge in [-0.15, -0.1) is 0 Å². The lowest BCUT2D eigenvalue weighted by Gasteiger charge is -2.34. The monoisotopic (exact) mass is 405 g/mol. The van der Waals surface area contributed by atoms with Crippen LogP contribution in [-0.4, -0.2) is 58.6 Å². The molecule has 154 valence electrons. The van der Waals surface area contributed by atoms with Gasteiger partial charge in [-0.25, -0.2) is 9.48 Å². The van der Waals surface area contributed by atoms with Crippen LogP contribution in [0.5, 0.6) is 11.5 Å². The van der Waals surface area contributed by atoms with Gasteiger partial charge < -0.3 is 19.7 Å². The molecule has 0 radical (unpaired) electrons. The molecule has 0 bridgehead atoms. The van der Waals surface area contributed by atoms with E-state index in [-0.39, 0.29) is 12.8 Å². The number of fused-ring (bicyclic) bond motifs is 1. The van der Waals surface area contributed by atoms with Gasteiger partial charge in [0, 0.05) is 45.1 Å². The molecule has 1 aromatic heterocycles. The summed E-state index contributed by atoms with van der Waals surface area (Å²) in [4.78, 5) is 17.0. The lowest BCUT2D eigenvalue weighted by Crippen LogP contribution is -2.49. The van der Waals surface area contributed by atoms with Crippen molar-refractivity contribution in [3.8, 4) is 17.2 Å². The Labute approximate surface area is 174 Å². The maximum atomic E-state index is 12.8. The molecule has 30 heavy (non-hydrogen) atoms. The second-order valence-corrected chi connectivity index (χ2v) is 7.35. The zero-order valence-corrected chi connectivity index (χ0v) is 16.5. The first-order valence-corrected chi connectivity index (χ1v) is 10.0. The molecule has 2 aliphatic rings. The van der Waals surface area contributed by atoms with E-state index in [9.17, 15) is 4.79 Å². The third kappa shape index (κ3) is 3.81. The van der Waals surface area contributed by atoms with E-state index in [4.69, 9.17) is 9.47 Å². The predicted octanol–water partition coefficient (Wildman–Crippen LogP) is 2.95. The summed E-state index contributed by atoms with van der Waals surface area (Å²) in [6.07, 6.45) is 3.58. The fourth-order valence-electron chi connectivity index (χ4n) is 3.79. The number of piperazine rings is 1. The molecule has 8 heteroatoms. The van der Waals surface area contributed by atoms with Crippen LogP contribution in [-0.2, 0) is 6.54 Å². The smallest absolute Gasteiger partial charge is 0.321 e. The molecule has 1 saturated heterocycles. The van der Waals surface area contributed by atoms with Crippen molar-refractivity contribution in [3.05, 3.63) is 66.5 Å². The molecule has 8 nitrogen and oxygen atoms in total. The molecule has 0 aliphatic carbocycles. The maximum absolute atomic E-state index is 12.8. The number of urea groups is 1. The van der Waals surface area contributed by atoms with Gasteiger partial charge in [-0.1, -0.05) is 18.2 Å². The zero-order valence-electron chi connectivity index (χ0n) is 16.5. The van der Waals surface area contributed by atoms with Gasteiger partial charge in [-0.3, -0.25) is 4.90 Å². The summed E-state index contributed by atoms with van der Waals surface area (Å²) in [5.74, 6) is 1.61. The highest BCUT2D eigenvalue weighted by Gasteiger charge is 2.22. The summed E-state index contributed by atoms with van der Waals surface area (Å²) in [6.45, 7) is 4.12. The van der Waals surface area contributed by atoms with Crippen molar-refractivity contribution in [2.45, 2.75) is 6.54 Å².